The van der Waals surface area contributed by atoms with Gasteiger partial charge >= 0.3 is 0 Å². The normalized spacial score (nSPS) is 18.0. The van der Waals surface area contributed by atoms with Crippen LogP contribution in [0.25, 0.3) is 0 Å². The molecule has 0 radical (unpaired) electrons. The van der Waals surface area contributed by atoms with Crippen molar-refractivity contribution >= 4 is 9.73 Å². The molecule has 1 N–H and O–H groups in total. The third kappa shape index (κ3) is 3.40. The minimum absolute atomic E-state index is 0.167. The molecule has 6 nitrogen and oxygen atoms in total. The summed E-state index contributed by atoms with van der Waals surface area (Å²) >= 11 is 0. The van der Waals surface area contributed by atoms with Crippen LogP contribution in [0.15, 0.2) is 35.2 Å². The molecule has 0 aliphatic rings. The molecule has 0 bridgehead atoms. The fourth-order valence-electron chi connectivity index (χ4n) is 2.35. The number of nitrogens with zero attached hydrogens (tertiary/aromatic N) is 4. The molecule has 2 aromatic rings. The van der Waals surface area contributed by atoms with Gasteiger partial charge in [0.2, 0.25) is 0 Å². The fraction of sp³-hybridized carbons (Fsp3) is 0.429. The van der Waals surface area contributed by atoms with Crippen LogP contribution in [0.4, 0.5) is 8.78 Å². The van der Waals surface area contributed by atoms with Crippen molar-refractivity contribution in [3.63, 3.8) is 0 Å². The molecular formula is C14H18F2N4O2S. The number of aromatic nitrogens is 3. The summed E-state index contributed by atoms with van der Waals surface area (Å²) in [6, 6.07) is 2.86. The number of benzene rings is 1. The molecule has 9 heteroatoms. The summed E-state index contributed by atoms with van der Waals surface area (Å²) in [5, 5.41) is 14.1. The first-order valence-corrected chi connectivity index (χ1v) is 8.78. The van der Waals surface area contributed by atoms with E-state index in [-0.39, 0.29) is 12.1 Å². The largest absolute Gasteiger partial charge is 0.382 e. The molecule has 126 valence electrons. The second-order valence-electron chi connectivity index (χ2n) is 5.33. The number of hydrogen-bond donors (Lipinski definition) is 1. The molecule has 2 rings (SSSR count). The van der Waals surface area contributed by atoms with Crippen molar-refractivity contribution in [1.29, 1.82) is 0 Å². The smallest absolute Gasteiger partial charge is 0.137 e. The van der Waals surface area contributed by atoms with Gasteiger partial charge in [0.15, 0.2) is 0 Å². The van der Waals surface area contributed by atoms with E-state index in [2.05, 4.69) is 14.4 Å². The topological polar surface area (TPSA) is 80.4 Å². The number of hydrogen-bond acceptors (Lipinski definition) is 5. The lowest BCUT2D eigenvalue weighted by Gasteiger charge is -2.35. The van der Waals surface area contributed by atoms with Crippen LogP contribution < -0.4 is 0 Å². The Balaban J connectivity index is 2.61. The monoisotopic (exact) mass is 344 g/mol. The summed E-state index contributed by atoms with van der Waals surface area (Å²) < 4.78 is 45.2. The van der Waals surface area contributed by atoms with Crippen LogP contribution in [0.5, 0.6) is 0 Å². The lowest BCUT2D eigenvalue weighted by Crippen LogP contribution is -2.46. The molecule has 1 aromatic carbocycles. The highest BCUT2D eigenvalue weighted by Crippen LogP contribution is 2.33. The van der Waals surface area contributed by atoms with Gasteiger partial charge in [0.1, 0.15) is 29.9 Å². The second-order valence-corrected chi connectivity index (χ2v) is 8.12. The van der Waals surface area contributed by atoms with Crippen LogP contribution in [-0.2, 0) is 21.9 Å². The molecule has 1 aromatic heterocycles. The zero-order valence-electron chi connectivity index (χ0n) is 13.0. The molecule has 1 unspecified atom stereocenters. The Morgan fingerprint density at radius 2 is 2.17 bits per heavy atom. The first-order valence-electron chi connectivity index (χ1n) is 6.80. The summed E-state index contributed by atoms with van der Waals surface area (Å²) in [7, 11) is -1.46. The summed E-state index contributed by atoms with van der Waals surface area (Å²) in [5.41, 5.74) is -2.07. The van der Waals surface area contributed by atoms with Crippen LogP contribution in [0.2, 0.25) is 0 Å². The third-order valence-corrected chi connectivity index (χ3v) is 6.39. The van der Waals surface area contributed by atoms with Crippen LogP contribution in [0.1, 0.15) is 12.5 Å². The summed E-state index contributed by atoms with van der Waals surface area (Å²) in [5.74, 6) is -1.69. The lowest BCUT2D eigenvalue weighted by atomic mass is 9.90. The van der Waals surface area contributed by atoms with Gasteiger partial charge in [-0.05, 0) is 13.0 Å². The van der Waals surface area contributed by atoms with Crippen LogP contribution in [0.3, 0.4) is 0 Å². The van der Waals surface area contributed by atoms with Gasteiger partial charge in [0.25, 0.3) is 0 Å². The highest BCUT2D eigenvalue weighted by atomic mass is 32.2. The summed E-state index contributed by atoms with van der Waals surface area (Å²) in [6.45, 7) is 1.31. The van der Waals surface area contributed by atoms with Crippen molar-refractivity contribution in [2.75, 3.05) is 13.3 Å². The molecule has 0 saturated heterocycles. The van der Waals surface area contributed by atoms with Crippen LogP contribution in [-0.4, -0.2) is 42.6 Å². The Bertz CT molecular complexity index is 803. The SMILES string of the molecule is CN=S(C)(=O)[C@@H](C)[C@@](O)(Cn1cncn1)c1ccc(F)cc1F. The van der Waals surface area contributed by atoms with Crippen molar-refractivity contribution < 1.29 is 18.1 Å². The Morgan fingerprint density at radius 3 is 2.70 bits per heavy atom. The number of aliphatic hydroxyl groups is 1. The Labute approximate surface area is 133 Å². The minimum Gasteiger partial charge on any atom is -0.382 e. The molecule has 3 atom stereocenters. The average molecular weight is 344 g/mol. The van der Waals surface area contributed by atoms with Crippen molar-refractivity contribution in [2.24, 2.45) is 4.36 Å². The van der Waals surface area contributed by atoms with E-state index in [1.165, 1.54) is 37.6 Å². The van der Waals surface area contributed by atoms with Gasteiger partial charge < -0.3 is 5.11 Å². The van der Waals surface area contributed by atoms with E-state index >= 15 is 0 Å². The fourth-order valence-corrected chi connectivity index (χ4v) is 3.60. The Hall–Kier alpha value is -1.87. The van der Waals surface area contributed by atoms with E-state index in [1.54, 1.807) is 0 Å². The molecule has 0 saturated carbocycles. The molecule has 0 aliphatic heterocycles. The zero-order valence-corrected chi connectivity index (χ0v) is 13.8. The van der Waals surface area contributed by atoms with Gasteiger partial charge in [0.05, 0.1) is 11.8 Å². The predicted molar refractivity (Wildman–Crippen MR) is 82.2 cm³/mol. The summed E-state index contributed by atoms with van der Waals surface area (Å²) in [6.07, 6.45) is 3.99. The molecule has 0 fully saturated rings. The highest BCUT2D eigenvalue weighted by molar-refractivity contribution is 7.93. The maximum absolute atomic E-state index is 14.3. The summed E-state index contributed by atoms with van der Waals surface area (Å²) in [4.78, 5) is 3.77. The van der Waals surface area contributed by atoms with E-state index in [0.717, 1.165) is 12.1 Å². The van der Waals surface area contributed by atoms with Crippen molar-refractivity contribution in [2.45, 2.75) is 24.3 Å². The van der Waals surface area contributed by atoms with Gasteiger partial charge in [-0.1, -0.05) is 6.07 Å². The molecule has 23 heavy (non-hydrogen) atoms. The second kappa shape index (κ2) is 6.32. The van der Waals surface area contributed by atoms with Gasteiger partial charge in [-0.25, -0.2) is 27.0 Å². The Kier molecular flexibility index (Phi) is 4.81. The average Bonchev–Trinajstić information content (AvgIpc) is 2.98. The van der Waals surface area contributed by atoms with Crippen molar-refractivity contribution in [1.82, 2.24) is 14.8 Å². The lowest BCUT2D eigenvalue weighted by molar-refractivity contribution is 0.0119. The first kappa shape index (κ1) is 17.5. The van der Waals surface area contributed by atoms with Crippen molar-refractivity contribution in [3.05, 3.63) is 48.1 Å². The maximum atomic E-state index is 14.3. The molecular weight excluding hydrogens is 326 g/mol. The molecule has 0 amide bonds. The molecule has 1 heterocycles. The van der Waals surface area contributed by atoms with Gasteiger partial charge in [0, 0.05) is 34.7 Å². The van der Waals surface area contributed by atoms with Gasteiger partial charge in [-0.3, -0.25) is 0 Å². The zero-order chi connectivity index (χ0) is 17.3. The minimum atomic E-state index is -2.83. The standard InChI is InChI=1S/C14H18F2N4O2S/c1-10(23(3,22)17-2)14(21,7-20-9-18-8-19-20)12-5-4-11(15)6-13(12)16/h4-6,8-10,21H,7H2,1-3H3/t10-,14-,23?/m0/s1. The van der Waals surface area contributed by atoms with E-state index in [0.29, 0.717) is 6.07 Å². The third-order valence-electron chi connectivity index (χ3n) is 3.96. The maximum Gasteiger partial charge on any atom is 0.137 e. The van der Waals surface area contributed by atoms with Crippen LogP contribution in [0, 0.1) is 11.6 Å². The number of halogens is 2. The first-order chi connectivity index (χ1) is 10.7. The molecule has 0 spiro atoms. The Morgan fingerprint density at radius 1 is 1.48 bits per heavy atom. The van der Waals surface area contributed by atoms with E-state index < -0.39 is 32.2 Å². The highest BCUT2D eigenvalue weighted by Gasteiger charge is 2.43. The quantitative estimate of drug-likeness (QED) is 0.893. The van der Waals surface area contributed by atoms with Gasteiger partial charge in [-0.15, -0.1) is 0 Å². The number of rotatable bonds is 5. The van der Waals surface area contributed by atoms with Crippen molar-refractivity contribution in [3.8, 4) is 0 Å². The van der Waals surface area contributed by atoms with E-state index in [4.69, 9.17) is 0 Å². The van der Waals surface area contributed by atoms with E-state index in [1.807, 2.05) is 0 Å². The van der Waals surface area contributed by atoms with Gasteiger partial charge in [-0.2, -0.15) is 5.10 Å². The molecule has 0 aliphatic carbocycles. The van der Waals surface area contributed by atoms with E-state index in [9.17, 15) is 18.1 Å². The predicted octanol–water partition coefficient (Wildman–Crippen LogP) is 1.56. The van der Waals surface area contributed by atoms with Crippen LogP contribution >= 0.6 is 0 Å².